The summed E-state index contributed by atoms with van der Waals surface area (Å²) in [5.41, 5.74) is 0.715. The van der Waals surface area contributed by atoms with Gasteiger partial charge in [0.25, 0.3) is 5.91 Å². The third kappa shape index (κ3) is 4.95. The third-order valence-electron chi connectivity index (χ3n) is 3.47. The predicted octanol–water partition coefficient (Wildman–Crippen LogP) is 1.39. The summed E-state index contributed by atoms with van der Waals surface area (Å²) in [5, 5.41) is 13.8. The first-order valence-electron chi connectivity index (χ1n) is 7.96. The quantitative estimate of drug-likeness (QED) is 0.679. The number of aliphatic carboxylic acids is 1. The van der Waals surface area contributed by atoms with Crippen LogP contribution in [0.3, 0.4) is 0 Å². The van der Waals surface area contributed by atoms with Crippen LogP contribution in [0.1, 0.15) is 37.9 Å². The first kappa shape index (κ1) is 19.2. The Morgan fingerprint density at radius 1 is 1.23 bits per heavy atom. The van der Waals surface area contributed by atoms with Gasteiger partial charge in [-0.25, -0.2) is 9.59 Å². The summed E-state index contributed by atoms with van der Waals surface area (Å²) in [5.74, 6) is -1.88. The lowest BCUT2D eigenvalue weighted by atomic mass is 10.0. The van der Waals surface area contributed by atoms with Gasteiger partial charge in [-0.2, -0.15) is 0 Å². The second-order valence-corrected chi connectivity index (χ2v) is 6.80. The molecular weight excluding hydrogens is 342 g/mol. The molecular formula is C17H21N3O6. The molecule has 0 aromatic heterocycles. The molecule has 140 valence electrons. The zero-order chi connectivity index (χ0) is 19.5. The highest BCUT2D eigenvalue weighted by Crippen LogP contribution is 2.22. The van der Waals surface area contributed by atoms with Crippen LogP contribution >= 0.6 is 0 Å². The number of rotatable bonds is 5. The molecule has 0 aliphatic carbocycles. The van der Waals surface area contributed by atoms with Crippen molar-refractivity contribution in [2.45, 2.75) is 39.0 Å². The van der Waals surface area contributed by atoms with E-state index in [4.69, 9.17) is 9.84 Å². The van der Waals surface area contributed by atoms with Crippen LogP contribution in [0.25, 0.3) is 0 Å². The number of amides is 4. The van der Waals surface area contributed by atoms with Crippen molar-refractivity contribution < 1.29 is 29.0 Å². The van der Waals surface area contributed by atoms with Crippen LogP contribution < -0.4 is 10.6 Å². The van der Waals surface area contributed by atoms with Gasteiger partial charge in [0, 0.05) is 6.54 Å². The van der Waals surface area contributed by atoms with Gasteiger partial charge < -0.3 is 20.5 Å². The molecule has 1 aromatic carbocycles. The number of carboxylic acids is 1. The Hall–Kier alpha value is -3.10. The number of ether oxygens (including phenoxy) is 1. The summed E-state index contributed by atoms with van der Waals surface area (Å²) in [4.78, 5) is 46.9. The number of alkyl carbamates (subject to hydrolysis) is 1. The topological polar surface area (TPSA) is 125 Å². The van der Waals surface area contributed by atoms with E-state index in [1.807, 2.05) is 0 Å². The van der Waals surface area contributed by atoms with Crippen molar-refractivity contribution in [3.8, 4) is 0 Å². The number of hydrogen-bond donors (Lipinski definition) is 3. The van der Waals surface area contributed by atoms with Crippen molar-refractivity contribution in [2.75, 3.05) is 6.54 Å². The average molecular weight is 363 g/mol. The number of imide groups is 1. The Bertz CT molecular complexity index is 723. The lowest BCUT2D eigenvalue weighted by Crippen LogP contribution is -2.35. The average Bonchev–Trinajstić information content (AvgIpc) is 2.79. The van der Waals surface area contributed by atoms with Gasteiger partial charge in [0.1, 0.15) is 18.2 Å². The van der Waals surface area contributed by atoms with Gasteiger partial charge in [0.05, 0.1) is 0 Å². The van der Waals surface area contributed by atoms with E-state index in [0.29, 0.717) is 10.5 Å². The second-order valence-electron chi connectivity index (χ2n) is 6.80. The molecule has 26 heavy (non-hydrogen) atoms. The van der Waals surface area contributed by atoms with Gasteiger partial charge in [-0.05, 0) is 31.9 Å². The van der Waals surface area contributed by atoms with Crippen LogP contribution in [0, 0.1) is 0 Å². The first-order chi connectivity index (χ1) is 12.1. The molecule has 1 atom stereocenters. The van der Waals surface area contributed by atoms with Crippen LogP contribution in [0.2, 0.25) is 0 Å². The van der Waals surface area contributed by atoms with E-state index in [0.717, 1.165) is 5.56 Å². The highest BCUT2D eigenvalue weighted by atomic mass is 16.6. The highest BCUT2D eigenvalue weighted by molar-refractivity contribution is 6.06. The van der Waals surface area contributed by atoms with Gasteiger partial charge >= 0.3 is 18.1 Å². The number of carbonyl (C=O) groups excluding carboxylic acids is 3. The Labute approximate surface area is 150 Å². The summed E-state index contributed by atoms with van der Waals surface area (Å²) in [6.45, 7) is 4.86. The number of nitrogens with one attached hydrogen (secondary N) is 2. The molecule has 0 radical (unpaired) electrons. The molecule has 0 spiro atoms. The summed E-state index contributed by atoms with van der Waals surface area (Å²) < 4.78 is 5.14. The van der Waals surface area contributed by atoms with Gasteiger partial charge in [-0.15, -0.1) is 0 Å². The van der Waals surface area contributed by atoms with E-state index in [1.54, 1.807) is 45.0 Å². The van der Waals surface area contributed by atoms with Gasteiger partial charge in [-0.1, -0.05) is 24.3 Å². The molecule has 2 rings (SSSR count). The highest BCUT2D eigenvalue weighted by Gasteiger charge is 2.39. The van der Waals surface area contributed by atoms with Crippen molar-refractivity contribution in [1.29, 1.82) is 0 Å². The van der Waals surface area contributed by atoms with E-state index in [2.05, 4.69) is 10.6 Å². The fraction of sp³-hybridized carbons (Fsp3) is 0.412. The number of benzene rings is 1. The molecule has 0 saturated carbocycles. The Kier molecular flexibility index (Phi) is 5.49. The van der Waals surface area contributed by atoms with Gasteiger partial charge in [0.2, 0.25) is 0 Å². The minimum Gasteiger partial charge on any atom is -0.480 e. The first-order valence-corrected chi connectivity index (χ1v) is 7.96. The molecule has 1 fully saturated rings. The van der Waals surface area contributed by atoms with Crippen LogP contribution in [-0.4, -0.2) is 46.2 Å². The van der Waals surface area contributed by atoms with E-state index < -0.39 is 42.2 Å². The molecule has 1 aliphatic rings. The number of carboxylic acid groups (broad SMARTS) is 1. The standard InChI is InChI=1S/C17H21N3O6/c1-17(2,3)26-16(25)18-8-10-4-6-11(7-5-10)13-14(23)20(9-12(21)22)15(24)19-13/h4-7,13H,8-9H2,1-3H3,(H,18,25)(H,19,24)(H,21,22). The SMILES string of the molecule is CC(C)(C)OC(=O)NCc1ccc(C2NC(=O)N(CC(=O)O)C2=O)cc1. The number of urea groups is 1. The summed E-state index contributed by atoms with van der Waals surface area (Å²) >= 11 is 0. The Morgan fingerprint density at radius 2 is 1.85 bits per heavy atom. The number of hydrogen-bond acceptors (Lipinski definition) is 5. The molecule has 0 bridgehead atoms. The number of carbonyl (C=O) groups is 4. The maximum Gasteiger partial charge on any atom is 0.407 e. The predicted molar refractivity (Wildman–Crippen MR) is 90.1 cm³/mol. The van der Waals surface area contributed by atoms with Gasteiger partial charge in [0.15, 0.2) is 0 Å². The van der Waals surface area contributed by atoms with Crippen LogP contribution in [0.4, 0.5) is 9.59 Å². The van der Waals surface area contributed by atoms with E-state index in [1.165, 1.54) is 0 Å². The second kappa shape index (κ2) is 7.42. The third-order valence-corrected chi connectivity index (χ3v) is 3.47. The smallest absolute Gasteiger partial charge is 0.407 e. The van der Waals surface area contributed by atoms with Crippen molar-refractivity contribution in [1.82, 2.24) is 15.5 Å². The monoisotopic (exact) mass is 363 g/mol. The molecule has 1 heterocycles. The maximum atomic E-state index is 12.2. The largest absolute Gasteiger partial charge is 0.480 e. The van der Waals surface area contributed by atoms with Crippen molar-refractivity contribution in [2.24, 2.45) is 0 Å². The Balaban J connectivity index is 1.97. The lowest BCUT2D eigenvalue weighted by molar-refractivity contribution is -0.141. The minimum atomic E-state index is -1.27. The maximum absolute atomic E-state index is 12.2. The fourth-order valence-electron chi connectivity index (χ4n) is 2.35. The molecule has 1 unspecified atom stereocenters. The summed E-state index contributed by atoms with van der Waals surface area (Å²) in [6.07, 6.45) is -0.538. The Morgan fingerprint density at radius 3 is 2.38 bits per heavy atom. The van der Waals surface area contributed by atoms with Gasteiger partial charge in [-0.3, -0.25) is 14.5 Å². The number of nitrogens with zero attached hydrogens (tertiary/aromatic N) is 1. The zero-order valence-electron chi connectivity index (χ0n) is 14.7. The van der Waals surface area contributed by atoms with Crippen LogP contribution in [0.15, 0.2) is 24.3 Å². The molecule has 9 nitrogen and oxygen atoms in total. The molecule has 1 aromatic rings. The van der Waals surface area contributed by atoms with Crippen LogP contribution in [0.5, 0.6) is 0 Å². The van der Waals surface area contributed by atoms with E-state index >= 15 is 0 Å². The van der Waals surface area contributed by atoms with Crippen molar-refractivity contribution >= 4 is 24.0 Å². The van der Waals surface area contributed by atoms with Crippen molar-refractivity contribution in [3.63, 3.8) is 0 Å². The van der Waals surface area contributed by atoms with Crippen molar-refractivity contribution in [3.05, 3.63) is 35.4 Å². The molecule has 4 amide bonds. The fourth-order valence-corrected chi connectivity index (χ4v) is 2.35. The normalized spacial score (nSPS) is 17.0. The van der Waals surface area contributed by atoms with Crippen LogP contribution in [-0.2, 0) is 20.9 Å². The molecule has 3 N–H and O–H groups in total. The molecule has 1 aliphatic heterocycles. The summed E-state index contributed by atoms with van der Waals surface area (Å²) in [6, 6.07) is 5.02. The minimum absolute atomic E-state index is 0.241. The van der Waals surface area contributed by atoms with E-state index in [-0.39, 0.29) is 6.54 Å². The van der Waals surface area contributed by atoms with E-state index in [9.17, 15) is 19.2 Å². The zero-order valence-corrected chi connectivity index (χ0v) is 14.7. The molecule has 9 heteroatoms. The lowest BCUT2D eigenvalue weighted by Gasteiger charge is -2.19. The summed E-state index contributed by atoms with van der Waals surface area (Å²) in [7, 11) is 0. The molecule has 1 saturated heterocycles.